The molecular formula is C25H29N3O. The van der Waals surface area contributed by atoms with Crippen LogP contribution in [0, 0.1) is 0 Å². The highest BCUT2D eigenvalue weighted by Crippen LogP contribution is 2.34. The Hall–Kier alpha value is -2.62. The molecule has 1 aliphatic carbocycles. The van der Waals surface area contributed by atoms with E-state index in [0.29, 0.717) is 18.4 Å². The van der Waals surface area contributed by atoms with Crippen LogP contribution in [0.25, 0.3) is 11.0 Å². The number of fused-ring (bicyclic) bond motifs is 1. The fraction of sp³-hybridized carbons (Fsp3) is 0.440. The SMILES string of the molecule is O=C1CC(c2nc3ccccc3n2CCc2ccccc2)CN1C1CCCCC1. The fourth-order valence-corrected chi connectivity index (χ4v) is 5.18. The minimum atomic E-state index is 0.201. The molecule has 2 aliphatic rings. The van der Waals surface area contributed by atoms with E-state index in [-0.39, 0.29) is 5.92 Å². The van der Waals surface area contributed by atoms with E-state index in [1.807, 2.05) is 0 Å². The largest absolute Gasteiger partial charge is 0.339 e. The van der Waals surface area contributed by atoms with Crippen molar-refractivity contribution >= 4 is 16.9 Å². The van der Waals surface area contributed by atoms with Crippen molar-refractivity contribution in [1.29, 1.82) is 0 Å². The van der Waals surface area contributed by atoms with Crippen LogP contribution >= 0.6 is 0 Å². The number of benzene rings is 2. The molecule has 5 rings (SSSR count). The van der Waals surface area contributed by atoms with E-state index in [0.717, 1.165) is 30.9 Å². The Morgan fingerprint density at radius 2 is 1.69 bits per heavy atom. The number of imidazole rings is 1. The molecule has 0 N–H and O–H groups in total. The molecule has 0 spiro atoms. The van der Waals surface area contributed by atoms with Gasteiger partial charge in [-0.1, -0.05) is 61.7 Å². The molecule has 29 heavy (non-hydrogen) atoms. The molecular weight excluding hydrogens is 358 g/mol. The van der Waals surface area contributed by atoms with E-state index in [4.69, 9.17) is 4.98 Å². The maximum absolute atomic E-state index is 12.9. The Labute approximate surface area is 172 Å². The number of likely N-dealkylation sites (tertiary alicyclic amines) is 1. The molecule has 1 saturated heterocycles. The number of hydrogen-bond acceptors (Lipinski definition) is 2. The lowest BCUT2D eigenvalue weighted by Gasteiger charge is -2.31. The molecule has 1 aliphatic heterocycles. The number of para-hydroxylation sites is 2. The van der Waals surface area contributed by atoms with Crippen LogP contribution in [0.2, 0.25) is 0 Å². The summed E-state index contributed by atoms with van der Waals surface area (Å²) in [5.41, 5.74) is 3.56. The molecule has 4 nitrogen and oxygen atoms in total. The number of rotatable bonds is 5. The standard InChI is InChI=1S/C25H29N3O/c29-24-17-20(18-28(24)21-11-5-2-6-12-21)25-26-22-13-7-8-14-23(22)27(25)16-15-19-9-3-1-4-10-19/h1,3-4,7-10,13-14,20-21H,2,5-6,11-12,15-18H2. The Kier molecular flexibility index (Phi) is 5.09. The van der Waals surface area contributed by atoms with E-state index in [1.165, 1.54) is 43.2 Å². The third-order valence-electron chi connectivity index (χ3n) is 6.69. The summed E-state index contributed by atoms with van der Waals surface area (Å²) in [5.74, 6) is 1.62. The predicted octanol–water partition coefficient (Wildman–Crippen LogP) is 4.93. The summed E-state index contributed by atoms with van der Waals surface area (Å²) in [7, 11) is 0. The number of aryl methyl sites for hydroxylation is 2. The van der Waals surface area contributed by atoms with Crippen LogP contribution in [0.15, 0.2) is 54.6 Å². The lowest BCUT2D eigenvalue weighted by atomic mass is 9.94. The van der Waals surface area contributed by atoms with Crippen molar-refractivity contribution in [3.8, 4) is 0 Å². The molecule has 2 heterocycles. The molecule has 3 aromatic rings. The van der Waals surface area contributed by atoms with Gasteiger partial charge in [-0.25, -0.2) is 4.98 Å². The normalized spacial score (nSPS) is 20.6. The van der Waals surface area contributed by atoms with Gasteiger partial charge in [0.15, 0.2) is 0 Å². The van der Waals surface area contributed by atoms with Gasteiger partial charge >= 0.3 is 0 Å². The minimum Gasteiger partial charge on any atom is -0.339 e. The Bertz CT molecular complexity index is 988. The Morgan fingerprint density at radius 3 is 2.52 bits per heavy atom. The second-order valence-corrected chi connectivity index (χ2v) is 8.58. The molecule has 0 bridgehead atoms. The summed E-state index contributed by atoms with van der Waals surface area (Å²) >= 11 is 0. The lowest BCUT2D eigenvalue weighted by molar-refractivity contribution is -0.130. The van der Waals surface area contributed by atoms with Crippen LogP contribution in [0.3, 0.4) is 0 Å². The second kappa shape index (κ2) is 8.02. The molecule has 1 unspecified atom stereocenters. The van der Waals surface area contributed by atoms with Crippen LogP contribution in [0.4, 0.5) is 0 Å². The zero-order valence-electron chi connectivity index (χ0n) is 17.0. The van der Waals surface area contributed by atoms with Gasteiger partial charge in [0.1, 0.15) is 5.82 Å². The molecule has 1 amide bonds. The van der Waals surface area contributed by atoms with Gasteiger partial charge in [0, 0.05) is 31.5 Å². The second-order valence-electron chi connectivity index (χ2n) is 8.58. The van der Waals surface area contributed by atoms with Crippen LogP contribution in [-0.2, 0) is 17.8 Å². The molecule has 0 radical (unpaired) electrons. The van der Waals surface area contributed by atoms with Crippen molar-refractivity contribution in [1.82, 2.24) is 14.5 Å². The Balaban J connectivity index is 1.42. The average molecular weight is 388 g/mol. The zero-order chi connectivity index (χ0) is 19.6. The number of aromatic nitrogens is 2. The van der Waals surface area contributed by atoms with Gasteiger partial charge in [-0.15, -0.1) is 0 Å². The first-order chi connectivity index (χ1) is 14.3. The quantitative estimate of drug-likeness (QED) is 0.623. The number of hydrogen-bond donors (Lipinski definition) is 0. The van der Waals surface area contributed by atoms with Gasteiger partial charge in [-0.2, -0.15) is 0 Å². The van der Waals surface area contributed by atoms with Gasteiger partial charge in [0.25, 0.3) is 0 Å². The molecule has 4 heteroatoms. The zero-order valence-corrected chi connectivity index (χ0v) is 17.0. The minimum absolute atomic E-state index is 0.201. The third kappa shape index (κ3) is 3.68. The molecule has 1 aromatic heterocycles. The summed E-state index contributed by atoms with van der Waals surface area (Å²) in [4.78, 5) is 20.0. The summed E-state index contributed by atoms with van der Waals surface area (Å²) in [6.45, 7) is 1.73. The summed E-state index contributed by atoms with van der Waals surface area (Å²) in [6.07, 6.45) is 7.75. The first-order valence-electron chi connectivity index (χ1n) is 11.1. The highest BCUT2D eigenvalue weighted by Gasteiger charge is 2.37. The maximum atomic E-state index is 12.9. The number of carbonyl (C=O) groups is 1. The van der Waals surface area contributed by atoms with Gasteiger partial charge in [-0.05, 0) is 37.0 Å². The van der Waals surface area contributed by atoms with E-state index in [9.17, 15) is 4.79 Å². The molecule has 2 aromatic carbocycles. The average Bonchev–Trinajstić information content (AvgIpc) is 3.34. The van der Waals surface area contributed by atoms with Gasteiger partial charge in [0.2, 0.25) is 5.91 Å². The first-order valence-corrected chi connectivity index (χ1v) is 11.1. The predicted molar refractivity (Wildman–Crippen MR) is 116 cm³/mol. The van der Waals surface area contributed by atoms with E-state index < -0.39 is 0 Å². The topological polar surface area (TPSA) is 38.1 Å². The van der Waals surface area contributed by atoms with Crippen molar-refractivity contribution in [3.05, 3.63) is 66.0 Å². The lowest BCUT2D eigenvalue weighted by Crippen LogP contribution is -2.37. The number of amides is 1. The van der Waals surface area contributed by atoms with Crippen molar-refractivity contribution in [2.45, 2.75) is 63.5 Å². The van der Waals surface area contributed by atoms with E-state index in [1.54, 1.807) is 0 Å². The summed E-state index contributed by atoms with van der Waals surface area (Å²) in [5, 5.41) is 0. The maximum Gasteiger partial charge on any atom is 0.223 e. The smallest absolute Gasteiger partial charge is 0.223 e. The van der Waals surface area contributed by atoms with Gasteiger partial charge < -0.3 is 9.47 Å². The number of carbonyl (C=O) groups excluding carboxylic acids is 1. The molecule has 1 saturated carbocycles. The van der Waals surface area contributed by atoms with Crippen LogP contribution in [-0.4, -0.2) is 32.9 Å². The third-order valence-corrected chi connectivity index (χ3v) is 6.69. The highest BCUT2D eigenvalue weighted by atomic mass is 16.2. The van der Waals surface area contributed by atoms with Crippen LogP contribution in [0.1, 0.15) is 55.8 Å². The van der Waals surface area contributed by atoms with Gasteiger partial charge in [-0.3, -0.25) is 4.79 Å². The van der Waals surface area contributed by atoms with Crippen LogP contribution in [0.5, 0.6) is 0 Å². The molecule has 1 atom stereocenters. The van der Waals surface area contributed by atoms with E-state index >= 15 is 0 Å². The summed E-state index contributed by atoms with van der Waals surface area (Å²) < 4.78 is 2.37. The summed E-state index contributed by atoms with van der Waals surface area (Å²) in [6, 6.07) is 19.5. The van der Waals surface area contributed by atoms with Crippen molar-refractivity contribution in [2.75, 3.05) is 6.54 Å². The fourth-order valence-electron chi connectivity index (χ4n) is 5.18. The van der Waals surface area contributed by atoms with E-state index in [2.05, 4.69) is 64.1 Å². The van der Waals surface area contributed by atoms with Crippen molar-refractivity contribution in [3.63, 3.8) is 0 Å². The van der Waals surface area contributed by atoms with Crippen LogP contribution < -0.4 is 0 Å². The first kappa shape index (κ1) is 18.4. The Morgan fingerprint density at radius 1 is 0.931 bits per heavy atom. The van der Waals surface area contributed by atoms with Crippen molar-refractivity contribution < 1.29 is 4.79 Å². The van der Waals surface area contributed by atoms with Gasteiger partial charge in [0.05, 0.1) is 11.0 Å². The molecule has 150 valence electrons. The number of nitrogens with zero attached hydrogens (tertiary/aromatic N) is 3. The highest BCUT2D eigenvalue weighted by molar-refractivity contribution is 5.81. The monoisotopic (exact) mass is 387 g/mol. The van der Waals surface area contributed by atoms with Crippen molar-refractivity contribution in [2.24, 2.45) is 0 Å². The molecule has 2 fully saturated rings.